The van der Waals surface area contributed by atoms with Crippen LogP contribution >= 0.6 is 24.0 Å². The Bertz CT molecular complexity index is 732. The number of hydrogen-bond donors (Lipinski definition) is 2. The lowest BCUT2D eigenvalue weighted by atomic mass is 10.1. The van der Waals surface area contributed by atoms with Crippen molar-refractivity contribution in [3.05, 3.63) is 35.1 Å². The van der Waals surface area contributed by atoms with Crippen molar-refractivity contribution in [3.63, 3.8) is 0 Å². The molecule has 168 valence electrons. The molecule has 0 unspecified atom stereocenters. The lowest BCUT2D eigenvalue weighted by Crippen LogP contribution is -2.38. The highest BCUT2D eigenvalue weighted by atomic mass is 127. The minimum Gasteiger partial charge on any atom is -0.383 e. The number of methoxy groups -OCH3 is 1. The van der Waals surface area contributed by atoms with Crippen molar-refractivity contribution in [1.29, 1.82) is 0 Å². The number of ether oxygens (including phenoxy) is 1. The highest BCUT2D eigenvalue weighted by molar-refractivity contribution is 14.0. The minimum atomic E-state index is -3.21. The van der Waals surface area contributed by atoms with Crippen molar-refractivity contribution in [2.45, 2.75) is 25.6 Å². The van der Waals surface area contributed by atoms with Crippen LogP contribution in [0.3, 0.4) is 0 Å². The van der Waals surface area contributed by atoms with Gasteiger partial charge < -0.3 is 20.3 Å². The van der Waals surface area contributed by atoms with Crippen LogP contribution in [0.1, 0.15) is 24.5 Å². The van der Waals surface area contributed by atoms with E-state index in [4.69, 9.17) is 4.74 Å². The van der Waals surface area contributed by atoms with E-state index in [9.17, 15) is 12.8 Å². The Kier molecular flexibility index (Phi) is 14.4. The van der Waals surface area contributed by atoms with Gasteiger partial charge in [-0.1, -0.05) is 6.07 Å². The second kappa shape index (κ2) is 14.9. The number of sulfone groups is 1. The topological polar surface area (TPSA) is 83.0 Å². The van der Waals surface area contributed by atoms with E-state index in [1.165, 1.54) is 24.5 Å². The quantitative estimate of drug-likeness (QED) is 0.181. The second-order valence-electron chi connectivity index (χ2n) is 6.75. The van der Waals surface area contributed by atoms with Gasteiger partial charge in [-0.3, -0.25) is 0 Å². The van der Waals surface area contributed by atoms with Crippen molar-refractivity contribution in [2.75, 3.05) is 53.2 Å². The van der Waals surface area contributed by atoms with Crippen LogP contribution in [0.4, 0.5) is 4.39 Å². The van der Waals surface area contributed by atoms with Gasteiger partial charge in [0.25, 0.3) is 0 Å². The van der Waals surface area contributed by atoms with Gasteiger partial charge in [0.05, 0.1) is 18.9 Å². The molecular weight excluding hydrogens is 510 g/mol. The summed E-state index contributed by atoms with van der Waals surface area (Å²) < 4.78 is 41.9. The van der Waals surface area contributed by atoms with E-state index in [1.54, 1.807) is 7.11 Å². The Morgan fingerprint density at radius 1 is 1.24 bits per heavy atom. The molecule has 1 rings (SSSR count). The molecule has 2 N–H and O–H groups in total. The normalized spacial score (nSPS) is 12.0. The van der Waals surface area contributed by atoms with E-state index in [2.05, 4.69) is 20.5 Å². The summed E-state index contributed by atoms with van der Waals surface area (Å²) in [6.07, 6.45) is 2.10. The number of nitrogens with one attached hydrogen (secondary N) is 2. The Morgan fingerprint density at radius 3 is 2.59 bits per heavy atom. The van der Waals surface area contributed by atoms with Gasteiger partial charge in [0.1, 0.15) is 5.82 Å². The van der Waals surface area contributed by atoms with Crippen LogP contribution in [0, 0.1) is 5.82 Å². The third kappa shape index (κ3) is 13.0. The number of aliphatic imine (C=N–C) groups is 1. The van der Waals surface area contributed by atoms with Crippen molar-refractivity contribution in [2.24, 2.45) is 4.99 Å². The van der Waals surface area contributed by atoms with Gasteiger partial charge >= 0.3 is 0 Å². The fraction of sp³-hybridized carbons (Fsp3) is 0.632. The maximum absolute atomic E-state index is 13.6. The summed E-state index contributed by atoms with van der Waals surface area (Å²) in [4.78, 5) is 6.67. The van der Waals surface area contributed by atoms with Crippen molar-refractivity contribution in [1.82, 2.24) is 15.5 Å². The largest absolute Gasteiger partial charge is 0.383 e. The smallest absolute Gasteiger partial charge is 0.191 e. The summed E-state index contributed by atoms with van der Waals surface area (Å²) >= 11 is 0. The predicted octanol–water partition coefficient (Wildman–Crippen LogP) is 2.01. The van der Waals surface area contributed by atoms with Crippen molar-refractivity contribution in [3.8, 4) is 0 Å². The molecule has 0 atom stereocenters. The zero-order valence-electron chi connectivity index (χ0n) is 17.7. The fourth-order valence-electron chi connectivity index (χ4n) is 2.59. The SMILES string of the molecule is CCNC(=NCc1cc(F)ccc1CS(C)(=O)=O)NCCCN(C)CCOC.I. The third-order valence-corrected chi connectivity index (χ3v) is 4.86. The van der Waals surface area contributed by atoms with E-state index < -0.39 is 15.7 Å². The van der Waals surface area contributed by atoms with Crippen molar-refractivity contribution < 1.29 is 17.5 Å². The third-order valence-electron chi connectivity index (χ3n) is 4.02. The van der Waals surface area contributed by atoms with Crippen LogP contribution in [0.2, 0.25) is 0 Å². The molecule has 0 aliphatic heterocycles. The summed E-state index contributed by atoms with van der Waals surface area (Å²) in [7, 11) is 0.527. The molecule has 1 aromatic carbocycles. The highest BCUT2D eigenvalue weighted by Gasteiger charge is 2.11. The molecule has 0 aliphatic carbocycles. The minimum absolute atomic E-state index is 0. The van der Waals surface area contributed by atoms with Gasteiger partial charge in [-0.25, -0.2) is 17.8 Å². The van der Waals surface area contributed by atoms with E-state index in [0.29, 0.717) is 30.2 Å². The molecule has 0 aromatic heterocycles. The first-order valence-corrected chi connectivity index (χ1v) is 11.5. The van der Waals surface area contributed by atoms with Crippen LogP contribution in [0.25, 0.3) is 0 Å². The molecule has 0 saturated carbocycles. The van der Waals surface area contributed by atoms with E-state index in [-0.39, 0.29) is 36.3 Å². The molecule has 0 heterocycles. The zero-order chi connectivity index (χ0) is 21.0. The average molecular weight is 544 g/mol. The molecule has 0 amide bonds. The van der Waals surface area contributed by atoms with E-state index >= 15 is 0 Å². The maximum Gasteiger partial charge on any atom is 0.191 e. The van der Waals surface area contributed by atoms with Crippen LogP contribution in [-0.2, 0) is 26.9 Å². The number of nitrogens with zero attached hydrogens (tertiary/aromatic N) is 2. The van der Waals surface area contributed by atoms with Crippen molar-refractivity contribution >= 4 is 39.8 Å². The van der Waals surface area contributed by atoms with Crippen LogP contribution in [-0.4, -0.2) is 72.5 Å². The molecule has 0 aliphatic rings. The molecule has 0 spiro atoms. The van der Waals surface area contributed by atoms with Gasteiger partial charge in [-0.15, -0.1) is 24.0 Å². The number of hydrogen-bond acceptors (Lipinski definition) is 5. The van der Waals surface area contributed by atoms with E-state index in [1.807, 2.05) is 14.0 Å². The first-order valence-electron chi connectivity index (χ1n) is 9.40. The first-order chi connectivity index (χ1) is 13.2. The summed E-state index contributed by atoms with van der Waals surface area (Å²) in [6.45, 7) is 6.11. The molecule has 0 bridgehead atoms. The molecule has 0 saturated heterocycles. The fourth-order valence-corrected chi connectivity index (χ4v) is 3.43. The molecule has 10 heteroatoms. The predicted molar refractivity (Wildman–Crippen MR) is 127 cm³/mol. The number of rotatable bonds is 12. The average Bonchev–Trinajstić information content (AvgIpc) is 2.62. The van der Waals surface area contributed by atoms with Crippen LogP contribution in [0.5, 0.6) is 0 Å². The molecule has 0 radical (unpaired) electrons. The number of guanidine groups is 1. The summed E-state index contributed by atoms with van der Waals surface area (Å²) in [6, 6.07) is 4.13. The second-order valence-corrected chi connectivity index (χ2v) is 8.89. The molecule has 0 fully saturated rings. The highest BCUT2D eigenvalue weighted by Crippen LogP contribution is 2.15. The van der Waals surface area contributed by atoms with Gasteiger partial charge in [-0.05, 0) is 50.2 Å². The first kappa shape index (κ1) is 28.0. The number of halogens is 2. The van der Waals surface area contributed by atoms with Gasteiger partial charge in [0.2, 0.25) is 0 Å². The Hall–Kier alpha value is -0.980. The maximum atomic E-state index is 13.6. The number of likely N-dealkylation sites (N-methyl/N-ethyl adjacent to an activating group) is 1. The summed E-state index contributed by atoms with van der Waals surface area (Å²) in [5.41, 5.74) is 1.14. The monoisotopic (exact) mass is 544 g/mol. The van der Waals surface area contributed by atoms with Crippen LogP contribution < -0.4 is 10.6 Å². The Morgan fingerprint density at radius 2 is 1.97 bits per heavy atom. The van der Waals surface area contributed by atoms with E-state index in [0.717, 1.165) is 26.1 Å². The summed E-state index contributed by atoms with van der Waals surface area (Å²) in [5.74, 6) is 0.0896. The van der Waals surface area contributed by atoms with Gasteiger partial charge in [0.15, 0.2) is 15.8 Å². The molecule has 1 aromatic rings. The molecule has 7 nitrogen and oxygen atoms in total. The summed E-state index contributed by atoms with van der Waals surface area (Å²) in [5, 5.41) is 6.40. The van der Waals surface area contributed by atoms with Crippen LogP contribution in [0.15, 0.2) is 23.2 Å². The van der Waals surface area contributed by atoms with Gasteiger partial charge in [-0.2, -0.15) is 0 Å². The zero-order valence-corrected chi connectivity index (χ0v) is 20.8. The Balaban J connectivity index is 0.00000784. The molecular formula is C19H34FIN4O3S. The lowest BCUT2D eigenvalue weighted by molar-refractivity contribution is 0.161. The molecule has 29 heavy (non-hydrogen) atoms. The standard InChI is InChI=1S/C19H33FN4O3S.HI/c1-5-21-19(22-9-6-10-24(2)11-12-27-3)23-14-17-13-18(20)8-7-16(17)15-28(4,25)26;/h7-8,13H,5-6,9-12,14-15H2,1-4H3,(H2,21,22,23);1H. The Labute approximate surface area is 191 Å². The number of benzene rings is 1. The lowest BCUT2D eigenvalue weighted by Gasteiger charge is -2.17. The van der Waals surface area contributed by atoms with Gasteiger partial charge in [0, 0.05) is 33.0 Å².